The Morgan fingerprint density at radius 2 is 1.61 bits per heavy atom. The van der Waals surface area contributed by atoms with E-state index in [9.17, 15) is 36.0 Å². The number of nitrogens with one attached hydrogen (secondary N) is 2. The van der Waals surface area contributed by atoms with Crippen LogP contribution < -0.4 is 10.6 Å². The molecule has 0 aliphatic carbocycles. The van der Waals surface area contributed by atoms with Crippen LogP contribution in [0, 0.1) is 23.4 Å². The van der Waals surface area contributed by atoms with Crippen molar-refractivity contribution in [3.05, 3.63) is 58.4 Å². The van der Waals surface area contributed by atoms with Gasteiger partial charge in [0, 0.05) is 35.5 Å². The second-order valence-electron chi connectivity index (χ2n) is 10.5. The molecule has 2 bridgehead atoms. The summed E-state index contributed by atoms with van der Waals surface area (Å²) in [7, 11) is -2.89. The van der Waals surface area contributed by atoms with Crippen LogP contribution in [-0.4, -0.2) is 61.7 Å². The number of ether oxygens (including phenoxy) is 1. The molecule has 14 heteroatoms. The molecule has 4 rings (SSSR count). The molecule has 4 atom stereocenters. The largest absolute Gasteiger partial charge is 0.453 e. The number of hydrogen-bond acceptors (Lipinski definition) is 6. The monoisotopic (exact) mass is 615 g/mol. The molecule has 2 unspecified atom stereocenters. The van der Waals surface area contributed by atoms with E-state index < -0.39 is 50.6 Å². The van der Waals surface area contributed by atoms with Crippen LogP contribution in [0.1, 0.15) is 49.9 Å². The predicted molar refractivity (Wildman–Crippen MR) is 144 cm³/mol. The number of sulfone groups is 1. The molecule has 3 amide bonds. The van der Waals surface area contributed by atoms with Gasteiger partial charge < -0.3 is 20.3 Å². The van der Waals surface area contributed by atoms with E-state index in [1.807, 2.05) is 0 Å². The number of halogens is 4. The third-order valence-corrected chi connectivity index (χ3v) is 10.2. The first-order valence-electron chi connectivity index (χ1n) is 12.9. The standard InChI is InChI=1S/C27H29ClF3N3O6S/c1-13(2)24(33-27(37)40-3)26(36)34-16-5-6-17(34)12-18(11-16)41(38,39)22-8-14(4-7-19(22)28)25(35)32-15-9-20(29)23(31)21(30)10-15/h4,7-10,13,16-18,24H,5-6,11-12H2,1-3H3,(H,32,35)(H,33,37)/t16-,17?,18?,24-/m0/s1. The lowest BCUT2D eigenvalue weighted by Gasteiger charge is -2.41. The van der Waals surface area contributed by atoms with Gasteiger partial charge in [-0.05, 0) is 49.8 Å². The summed E-state index contributed by atoms with van der Waals surface area (Å²) in [5, 5.41) is 3.77. The van der Waals surface area contributed by atoms with Crippen molar-refractivity contribution in [2.24, 2.45) is 5.92 Å². The summed E-state index contributed by atoms with van der Waals surface area (Å²) in [5.74, 6) is -6.12. The molecule has 0 spiro atoms. The smallest absolute Gasteiger partial charge is 0.407 e. The number of piperidine rings is 1. The van der Waals surface area contributed by atoms with Crippen molar-refractivity contribution in [2.75, 3.05) is 12.4 Å². The number of benzene rings is 2. The van der Waals surface area contributed by atoms with Crippen molar-refractivity contribution in [3.8, 4) is 0 Å². The van der Waals surface area contributed by atoms with E-state index in [2.05, 4.69) is 15.4 Å². The fraction of sp³-hybridized carbons (Fsp3) is 0.444. The third-order valence-electron chi connectivity index (χ3n) is 7.52. The maximum Gasteiger partial charge on any atom is 0.407 e. The Morgan fingerprint density at radius 3 is 2.15 bits per heavy atom. The molecule has 2 heterocycles. The van der Waals surface area contributed by atoms with Crippen LogP contribution in [0.25, 0.3) is 0 Å². The molecule has 0 saturated carbocycles. The van der Waals surface area contributed by atoms with Crippen molar-refractivity contribution >= 4 is 45.0 Å². The number of alkyl carbamates (subject to hydrolysis) is 1. The molecule has 2 N–H and O–H groups in total. The van der Waals surface area contributed by atoms with Gasteiger partial charge in [0.2, 0.25) is 5.91 Å². The second-order valence-corrected chi connectivity index (χ2v) is 13.1. The van der Waals surface area contributed by atoms with Gasteiger partial charge in [0.05, 0.1) is 22.3 Å². The minimum absolute atomic E-state index is 0.117. The lowest BCUT2D eigenvalue weighted by molar-refractivity contribution is -0.138. The van der Waals surface area contributed by atoms with Crippen molar-refractivity contribution < 1.29 is 40.7 Å². The van der Waals surface area contributed by atoms with Gasteiger partial charge in [0.25, 0.3) is 5.91 Å². The number of methoxy groups -OCH3 is 1. The highest BCUT2D eigenvalue weighted by Gasteiger charge is 2.49. The SMILES string of the molecule is COC(=O)N[C@H](C(=O)N1C2CC[C@H]1CC(S(=O)(=O)c1cc(C(=O)Nc3cc(F)c(F)c(F)c3)ccc1Cl)C2)C(C)C. The molecule has 2 aromatic carbocycles. The average molecular weight is 616 g/mol. The van der Waals surface area contributed by atoms with Crippen LogP contribution in [0.15, 0.2) is 35.2 Å². The molecule has 9 nitrogen and oxygen atoms in total. The number of amides is 3. The number of fused-ring (bicyclic) bond motifs is 2. The minimum atomic E-state index is -4.08. The highest BCUT2D eigenvalue weighted by molar-refractivity contribution is 7.92. The number of carbonyl (C=O) groups is 3. The van der Waals surface area contributed by atoms with Crippen LogP contribution in [0.2, 0.25) is 5.02 Å². The Kier molecular flexibility index (Phi) is 8.88. The topological polar surface area (TPSA) is 122 Å². The molecule has 0 aromatic heterocycles. The van der Waals surface area contributed by atoms with Crippen LogP contribution in [0.5, 0.6) is 0 Å². The Balaban J connectivity index is 1.54. The van der Waals surface area contributed by atoms with E-state index >= 15 is 0 Å². The number of rotatable bonds is 7. The van der Waals surface area contributed by atoms with Crippen molar-refractivity contribution in [1.82, 2.24) is 10.2 Å². The zero-order valence-electron chi connectivity index (χ0n) is 22.4. The summed E-state index contributed by atoms with van der Waals surface area (Å²) in [6, 6.07) is 3.15. The number of anilines is 1. The fourth-order valence-corrected chi connectivity index (χ4v) is 7.85. The lowest BCUT2D eigenvalue weighted by Crippen LogP contribution is -2.57. The van der Waals surface area contributed by atoms with Crippen LogP contribution in [0.4, 0.5) is 23.7 Å². The van der Waals surface area contributed by atoms with Gasteiger partial charge in [-0.15, -0.1) is 0 Å². The van der Waals surface area contributed by atoms with Gasteiger partial charge in [0.1, 0.15) is 6.04 Å². The highest BCUT2D eigenvalue weighted by atomic mass is 35.5. The molecule has 2 aliphatic rings. The molecule has 2 saturated heterocycles. The van der Waals surface area contributed by atoms with Crippen molar-refractivity contribution in [2.45, 2.75) is 67.8 Å². The molecule has 2 fully saturated rings. The Morgan fingerprint density at radius 1 is 1.02 bits per heavy atom. The molecule has 0 radical (unpaired) electrons. The fourth-order valence-electron chi connectivity index (χ4n) is 5.47. The quantitative estimate of drug-likeness (QED) is 0.436. The maximum absolute atomic E-state index is 13.8. The minimum Gasteiger partial charge on any atom is -0.453 e. The zero-order chi connectivity index (χ0) is 30.2. The number of nitrogens with zero attached hydrogens (tertiary/aromatic N) is 1. The van der Waals surface area contributed by atoms with Gasteiger partial charge in [-0.3, -0.25) is 9.59 Å². The van der Waals surface area contributed by atoms with Gasteiger partial charge in [-0.2, -0.15) is 0 Å². The first-order valence-corrected chi connectivity index (χ1v) is 14.8. The molecular formula is C27H29ClF3N3O6S. The van der Waals surface area contributed by atoms with Gasteiger partial charge in [-0.1, -0.05) is 25.4 Å². The molecule has 222 valence electrons. The van der Waals surface area contributed by atoms with Crippen LogP contribution >= 0.6 is 11.6 Å². The molecule has 41 heavy (non-hydrogen) atoms. The average Bonchev–Trinajstić information content (AvgIpc) is 3.18. The Hall–Kier alpha value is -3.32. The second kappa shape index (κ2) is 11.9. The molecule has 2 aliphatic heterocycles. The summed E-state index contributed by atoms with van der Waals surface area (Å²) in [5.41, 5.74) is -0.511. The summed E-state index contributed by atoms with van der Waals surface area (Å²) in [4.78, 5) is 39.4. The van der Waals surface area contributed by atoms with E-state index in [0.717, 1.165) is 6.07 Å². The van der Waals surface area contributed by atoms with Gasteiger partial charge in [0.15, 0.2) is 27.3 Å². The predicted octanol–water partition coefficient (Wildman–Crippen LogP) is 4.69. The maximum atomic E-state index is 13.8. The normalized spacial score (nSPS) is 21.0. The third kappa shape index (κ3) is 6.15. The van der Waals surface area contributed by atoms with E-state index in [1.165, 1.54) is 19.2 Å². The van der Waals surface area contributed by atoms with Crippen LogP contribution in [0.3, 0.4) is 0 Å². The van der Waals surface area contributed by atoms with E-state index in [-0.39, 0.29) is 57.9 Å². The zero-order valence-corrected chi connectivity index (χ0v) is 24.0. The summed E-state index contributed by atoms with van der Waals surface area (Å²) in [6.45, 7) is 3.57. The molecule has 2 aromatic rings. The molecular weight excluding hydrogens is 587 g/mol. The summed E-state index contributed by atoms with van der Waals surface area (Å²) < 4.78 is 72.5. The van der Waals surface area contributed by atoms with E-state index in [4.69, 9.17) is 11.6 Å². The first-order chi connectivity index (χ1) is 19.2. The summed E-state index contributed by atoms with van der Waals surface area (Å²) in [6.07, 6.45) is 0.706. The first kappa shape index (κ1) is 30.6. The van der Waals surface area contributed by atoms with E-state index in [1.54, 1.807) is 18.7 Å². The highest BCUT2D eigenvalue weighted by Crippen LogP contribution is 2.41. The summed E-state index contributed by atoms with van der Waals surface area (Å²) >= 11 is 6.26. The van der Waals surface area contributed by atoms with Gasteiger partial charge in [-0.25, -0.2) is 26.4 Å². The van der Waals surface area contributed by atoms with Gasteiger partial charge >= 0.3 is 6.09 Å². The number of carbonyl (C=O) groups excluding carboxylic acids is 3. The Bertz CT molecular complexity index is 1450. The van der Waals surface area contributed by atoms with Crippen molar-refractivity contribution in [1.29, 1.82) is 0 Å². The number of hydrogen-bond donors (Lipinski definition) is 2. The van der Waals surface area contributed by atoms with Crippen LogP contribution in [-0.2, 0) is 19.4 Å². The Labute approximate surface area is 240 Å². The van der Waals surface area contributed by atoms with Crippen molar-refractivity contribution in [3.63, 3.8) is 0 Å². The lowest BCUT2D eigenvalue weighted by atomic mass is 9.97. The van der Waals surface area contributed by atoms with E-state index in [0.29, 0.717) is 25.0 Å².